The summed E-state index contributed by atoms with van der Waals surface area (Å²) in [7, 11) is 1.56. The molecule has 0 saturated heterocycles. The molecule has 1 N–H and O–H groups in total. The summed E-state index contributed by atoms with van der Waals surface area (Å²) < 4.78 is 6.11. The van der Waals surface area contributed by atoms with Crippen molar-refractivity contribution in [2.45, 2.75) is 0 Å². The number of carbonyl (C=O) groups is 1. The van der Waals surface area contributed by atoms with Gasteiger partial charge in [0.2, 0.25) is 0 Å². The van der Waals surface area contributed by atoms with Gasteiger partial charge in [-0.15, -0.1) is 0 Å². The van der Waals surface area contributed by atoms with E-state index in [1.807, 2.05) is 12.1 Å². The van der Waals surface area contributed by atoms with Crippen LogP contribution in [0.5, 0.6) is 5.75 Å². The second-order valence-electron chi connectivity index (χ2n) is 4.24. The zero-order valence-electron chi connectivity index (χ0n) is 11.5. The van der Waals surface area contributed by atoms with Gasteiger partial charge in [-0.1, -0.05) is 33.6 Å². The maximum absolute atomic E-state index is 10.8. The number of ether oxygens (including phenoxy) is 1. The van der Waals surface area contributed by atoms with Crippen molar-refractivity contribution in [1.29, 1.82) is 0 Å². The number of nitrogens with zero attached hydrogens (tertiary/aromatic N) is 1. The molecule has 0 heterocycles. The Kier molecular flexibility index (Phi) is 5.41. The lowest BCUT2D eigenvalue weighted by Gasteiger charge is -2.08. The van der Waals surface area contributed by atoms with Crippen molar-refractivity contribution in [3.8, 4) is 5.75 Å². The van der Waals surface area contributed by atoms with E-state index in [-0.39, 0.29) is 5.56 Å². The number of anilines is 1. The molecule has 0 aliphatic rings. The first kappa shape index (κ1) is 16.3. The first-order valence-corrected chi connectivity index (χ1v) is 7.32. The van der Waals surface area contributed by atoms with E-state index >= 15 is 0 Å². The Morgan fingerprint density at radius 1 is 1.36 bits per heavy atom. The molecule has 0 atom stereocenters. The molecule has 0 bridgehead atoms. The first-order valence-electron chi connectivity index (χ1n) is 6.15. The van der Waals surface area contributed by atoms with Gasteiger partial charge in [0, 0.05) is 10.0 Å². The fourth-order valence-corrected chi connectivity index (χ4v) is 2.25. The minimum atomic E-state index is -1.28. The Morgan fingerprint density at radius 2 is 2.14 bits per heavy atom. The fourth-order valence-electron chi connectivity index (χ4n) is 1.72. The molecule has 0 radical (unpaired) electrons. The van der Waals surface area contributed by atoms with Gasteiger partial charge in [-0.3, -0.25) is 5.43 Å². The number of halogens is 2. The molecule has 2 rings (SSSR count). The number of hydrazone groups is 1. The number of rotatable bonds is 5. The highest BCUT2D eigenvalue weighted by atomic mass is 79.9. The summed E-state index contributed by atoms with van der Waals surface area (Å²) in [4.78, 5) is 10.8. The summed E-state index contributed by atoms with van der Waals surface area (Å²) in [5.41, 5.74) is 3.83. The highest BCUT2D eigenvalue weighted by Crippen LogP contribution is 2.24. The van der Waals surface area contributed by atoms with Crippen LogP contribution in [0.1, 0.15) is 15.9 Å². The van der Waals surface area contributed by atoms with Gasteiger partial charge < -0.3 is 14.6 Å². The van der Waals surface area contributed by atoms with E-state index in [1.165, 1.54) is 18.2 Å². The molecule has 5 nitrogen and oxygen atoms in total. The smallest absolute Gasteiger partial charge is 0.127 e. The molecule has 0 amide bonds. The molecule has 0 aromatic heterocycles. The summed E-state index contributed by atoms with van der Waals surface area (Å²) >= 11 is 9.35. The van der Waals surface area contributed by atoms with E-state index < -0.39 is 5.97 Å². The van der Waals surface area contributed by atoms with Crippen molar-refractivity contribution in [3.63, 3.8) is 0 Å². The van der Waals surface area contributed by atoms with Crippen LogP contribution in [0, 0.1) is 0 Å². The lowest BCUT2D eigenvalue weighted by Crippen LogP contribution is -2.22. The van der Waals surface area contributed by atoms with Gasteiger partial charge in [-0.05, 0) is 35.9 Å². The van der Waals surface area contributed by atoms with Crippen molar-refractivity contribution in [3.05, 3.63) is 57.0 Å². The van der Waals surface area contributed by atoms with E-state index in [1.54, 1.807) is 19.4 Å². The lowest BCUT2D eigenvalue weighted by atomic mass is 10.2. The number of methoxy groups -OCH3 is 1. The number of carboxylic acid groups (broad SMARTS) is 1. The number of aromatic carboxylic acids is 1. The third kappa shape index (κ3) is 3.99. The molecule has 0 spiro atoms. The molecule has 0 aliphatic carbocycles. The molecule has 0 saturated carbocycles. The number of benzene rings is 2. The summed E-state index contributed by atoms with van der Waals surface area (Å²) in [6, 6.07) is 9.67. The Hall–Kier alpha value is -2.05. The average molecular weight is 383 g/mol. The number of hydrogen-bond donors (Lipinski definition) is 1. The molecular weight excluding hydrogens is 372 g/mol. The van der Waals surface area contributed by atoms with Gasteiger partial charge in [-0.25, -0.2) is 0 Å². The maximum Gasteiger partial charge on any atom is 0.127 e. The Morgan fingerprint density at radius 3 is 2.82 bits per heavy atom. The molecule has 0 aliphatic heterocycles. The predicted molar refractivity (Wildman–Crippen MR) is 87.7 cm³/mol. The maximum atomic E-state index is 10.8. The van der Waals surface area contributed by atoms with Crippen LogP contribution >= 0.6 is 27.5 Å². The van der Waals surface area contributed by atoms with Gasteiger partial charge in [0.1, 0.15) is 5.75 Å². The average Bonchev–Trinajstić information content (AvgIpc) is 2.49. The monoisotopic (exact) mass is 381 g/mol. The van der Waals surface area contributed by atoms with Crippen molar-refractivity contribution in [2.24, 2.45) is 5.10 Å². The summed E-state index contributed by atoms with van der Waals surface area (Å²) in [6.07, 6.45) is 1.55. The second kappa shape index (κ2) is 7.29. The van der Waals surface area contributed by atoms with Crippen LogP contribution in [0.4, 0.5) is 5.69 Å². The predicted octanol–water partition coefficient (Wildman–Crippen LogP) is 2.92. The van der Waals surface area contributed by atoms with Crippen LogP contribution in [0.15, 0.2) is 46.0 Å². The summed E-state index contributed by atoms with van der Waals surface area (Å²) in [5.74, 6) is -0.624. The SMILES string of the molecule is COc1ccc(Br)cc1/C=N\Nc1cc(C(=O)[O-])ccc1Cl. The van der Waals surface area contributed by atoms with Crippen molar-refractivity contribution >= 4 is 45.4 Å². The van der Waals surface area contributed by atoms with Crippen molar-refractivity contribution < 1.29 is 14.6 Å². The first-order chi connectivity index (χ1) is 10.5. The highest BCUT2D eigenvalue weighted by molar-refractivity contribution is 9.10. The topological polar surface area (TPSA) is 73.8 Å². The molecule has 114 valence electrons. The van der Waals surface area contributed by atoms with Gasteiger partial charge >= 0.3 is 0 Å². The summed E-state index contributed by atoms with van der Waals surface area (Å²) in [6.45, 7) is 0. The van der Waals surface area contributed by atoms with E-state index in [4.69, 9.17) is 16.3 Å². The number of carboxylic acids is 1. The Balaban J connectivity index is 2.21. The van der Waals surface area contributed by atoms with Crippen LogP contribution in [-0.4, -0.2) is 19.3 Å². The standard InChI is InChI=1S/C15H12BrClN2O3/c1-22-14-5-3-11(16)6-10(14)8-18-19-13-7-9(15(20)21)2-4-12(13)17/h2-8,19H,1H3,(H,20,21)/p-1/b18-8-. The molecule has 0 fully saturated rings. The summed E-state index contributed by atoms with van der Waals surface area (Å²) in [5, 5.41) is 15.2. The molecular formula is C15H11BrClN2O3-. The van der Waals surface area contributed by atoms with Crippen LogP contribution in [0.25, 0.3) is 0 Å². The van der Waals surface area contributed by atoms with E-state index in [0.717, 1.165) is 10.0 Å². The van der Waals surface area contributed by atoms with Crippen LogP contribution in [0.2, 0.25) is 5.02 Å². The normalized spacial score (nSPS) is 10.7. The third-order valence-corrected chi connectivity index (χ3v) is 3.61. The fraction of sp³-hybridized carbons (Fsp3) is 0.0667. The van der Waals surface area contributed by atoms with Crippen molar-refractivity contribution in [2.75, 3.05) is 12.5 Å². The minimum Gasteiger partial charge on any atom is -0.545 e. The number of hydrogen-bond acceptors (Lipinski definition) is 5. The Labute approximate surface area is 140 Å². The second-order valence-corrected chi connectivity index (χ2v) is 5.56. The highest BCUT2D eigenvalue weighted by Gasteiger charge is 2.03. The number of carbonyl (C=O) groups excluding carboxylic acids is 1. The molecule has 7 heteroatoms. The molecule has 22 heavy (non-hydrogen) atoms. The van der Waals surface area contributed by atoms with Crippen LogP contribution in [-0.2, 0) is 0 Å². The lowest BCUT2D eigenvalue weighted by molar-refractivity contribution is -0.255. The zero-order chi connectivity index (χ0) is 16.1. The van der Waals surface area contributed by atoms with Gasteiger partial charge in [0.05, 0.1) is 30.0 Å². The largest absolute Gasteiger partial charge is 0.545 e. The molecule has 2 aromatic carbocycles. The quantitative estimate of drug-likeness (QED) is 0.637. The third-order valence-electron chi connectivity index (χ3n) is 2.78. The van der Waals surface area contributed by atoms with Gasteiger partial charge in [0.15, 0.2) is 0 Å². The minimum absolute atomic E-state index is 0.0159. The molecule has 2 aromatic rings. The zero-order valence-corrected chi connectivity index (χ0v) is 13.8. The van der Waals surface area contributed by atoms with Gasteiger partial charge in [0.25, 0.3) is 0 Å². The number of nitrogens with one attached hydrogen (secondary N) is 1. The Bertz CT molecular complexity index is 735. The van der Waals surface area contributed by atoms with E-state index in [0.29, 0.717) is 16.5 Å². The van der Waals surface area contributed by atoms with Crippen LogP contribution < -0.4 is 15.3 Å². The molecule has 0 unspecified atom stereocenters. The van der Waals surface area contributed by atoms with E-state index in [2.05, 4.69) is 26.5 Å². The van der Waals surface area contributed by atoms with Crippen LogP contribution in [0.3, 0.4) is 0 Å². The van der Waals surface area contributed by atoms with Gasteiger partial charge in [-0.2, -0.15) is 5.10 Å². The van der Waals surface area contributed by atoms with E-state index in [9.17, 15) is 9.90 Å². The van der Waals surface area contributed by atoms with Crippen molar-refractivity contribution in [1.82, 2.24) is 0 Å².